The summed E-state index contributed by atoms with van der Waals surface area (Å²) < 4.78 is 0. The first-order valence-corrected chi connectivity index (χ1v) is 5.19. The molecular formula is C14H11NO2. The van der Waals surface area contributed by atoms with Crippen LogP contribution in [0.1, 0.15) is 15.9 Å². The molecule has 0 aliphatic heterocycles. The molecule has 2 aromatic rings. The summed E-state index contributed by atoms with van der Waals surface area (Å²) in [7, 11) is 0. The highest BCUT2D eigenvalue weighted by molar-refractivity contribution is 5.95. The van der Waals surface area contributed by atoms with Crippen molar-refractivity contribution in [3.63, 3.8) is 0 Å². The van der Waals surface area contributed by atoms with Gasteiger partial charge < -0.3 is 5.11 Å². The molecular weight excluding hydrogens is 214 g/mol. The molecule has 0 bridgehead atoms. The van der Waals surface area contributed by atoms with Crippen LogP contribution < -0.4 is 0 Å². The van der Waals surface area contributed by atoms with Crippen LogP contribution in [-0.4, -0.2) is 17.3 Å². The predicted molar refractivity (Wildman–Crippen MR) is 67.1 cm³/mol. The lowest BCUT2D eigenvalue weighted by Crippen LogP contribution is -1.96. The Morgan fingerprint density at radius 1 is 1.00 bits per heavy atom. The molecule has 84 valence electrons. The standard InChI is InChI=1S/C14H11NO2/c16-14(17)12-8-4-5-9-13(12)15-10-11-6-2-1-3-7-11/h1-10H,(H,16,17)/b15-10+. The SMILES string of the molecule is O=C(O)c1ccccc1/N=C/c1ccccc1. The van der Waals surface area contributed by atoms with Crippen molar-refractivity contribution in [1.29, 1.82) is 0 Å². The van der Waals surface area contributed by atoms with E-state index < -0.39 is 5.97 Å². The molecule has 2 rings (SSSR count). The van der Waals surface area contributed by atoms with Crippen molar-refractivity contribution in [1.82, 2.24) is 0 Å². The quantitative estimate of drug-likeness (QED) is 0.816. The lowest BCUT2D eigenvalue weighted by atomic mass is 10.2. The summed E-state index contributed by atoms with van der Waals surface area (Å²) >= 11 is 0. The maximum atomic E-state index is 11.0. The van der Waals surface area contributed by atoms with E-state index in [0.717, 1.165) is 5.56 Å². The summed E-state index contributed by atoms with van der Waals surface area (Å²) in [6, 6.07) is 16.2. The van der Waals surface area contributed by atoms with Crippen LogP contribution in [0.2, 0.25) is 0 Å². The molecule has 0 aliphatic carbocycles. The van der Waals surface area contributed by atoms with Gasteiger partial charge in [0.1, 0.15) is 0 Å². The number of aliphatic imine (C=N–C) groups is 1. The number of rotatable bonds is 3. The van der Waals surface area contributed by atoms with E-state index >= 15 is 0 Å². The number of nitrogens with zero attached hydrogens (tertiary/aromatic N) is 1. The largest absolute Gasteiger partial charge is 0.478 e. The fourth-order valence-corrected chi connectivity index (χ4v) is 1.45. The van der Waals surface area contributed by atoms with Gasteiger partial charge in [-0.25, -0.2) is 4.79 Å². The third-order valence-corrected chi connectivity index (χ3v) is 2.29. The zero-order valence-electron chi connectivity index (χ0n) is 9.08. The summed E-state index contributed by atoms with van der Waals surface area (Å²) in [6.45, 7) is 0. The van der Waals surface area contributed by atoms with Crippen molar-refractivity contribution >= 4 is 17.9 Å². The van der Waals surface area contributed by atoms with Gasteiger partial charge in [-0.1, -0.05) is 42.5 Å². The zero-order chi connectivity index (χ0) is 12.1. The highest BCUT2D eigenvalue weighted by atomic mass is 16.4. The van der Waals surface area contributed by atoms with Gasteiger partial charge in [0, 0.05) is 6.21 Å². The minimum absolute atomic E-state index is 0.208. The third-order valence-electron chi connectivity index (χ3n) is 2.29. The van der Waals surface area contributed by atoms with Gasteiger partial charge in [-0.2, -0.15) is 0 Å². The molecule has 0 amide bonds. The van der Waals surface area contributed by atoms with E-state index in [1.54, 1.807) is 30.5 Å². The van der Waals surface area contributed by atoms with Gasteiger partial charge in [0.2, 0.25) is 0 Å². The van der Waals surface area contributed by atoms with Gasteiger partial charge in [-0.15, -0.1) is 0 Å². The maximum absolute atomic E-state index is 11.0. The smallest absolute Gasteiger partial charge is 0.337 e. The van der Waals surface area contributed by atoms with E-state index in [0.29, 0.717) is 5.69 Å². The molecule has 0 saturated heterocycles. The maximum Gasteiger partial charge on any atom is 0.337 e. The lowest BCUT2D eigenvalue weighted by molar-refractivity contribution is 0.0698. The number of hydrogen-bond acceptors (Lipinski definition) is 2. The summed E-state index contributed by atoms with van der Waals surface area (Å²) in [5, 5.41) is 8.99. The second kappa shape index (κ2) is 5.07. The number of para-hydroxylation sites is 1. The molecule has 17 heavy (non-hydrogen) atoms. The Labute approximate surface area is 99.1 Å². The van der Waals surface area contributed by atoms with Crippen LogP contribution in [0.3, 0.4) is 0 Å². The summed E-state index contributed by atoms with van der Waals surface area (Å²) in [5.74, 6) is -0.967. The van der Waals surface area contributed by atoms with Crippen molar-refractivity contribution in [3.8, 4) is 0 Å². The Morgan fingerprint density at radius 3 is 2.35 bits per heavy atom. The fourth-order valence-electron chi connectivity index (χ4n) is 1.45. The van der Waals surface area contributed by atoms with Crippen molar-refractivity contribution in [3.05, 3.63) is 65.7 Å². The number of benzene rings is 2. The Morgan fingerprint density at radius 2 is 1.65 bits per heavy atom. The predicted octanol–water partition coefficient (Wildman–Crippen LogP) is 3.14. The fraction of sp³-hybridized carbons (Fsp3) is 0. The van der Waals surface area contributed by atoms with Gasteiger partial charge in [0.25, 0.3) is 0 Å². The lowest BCUT2D eigenvalue weighted by Gasteiger charge is -1.99. The molecule has 0 aromatic heterocycles. The normalized spacial score (nSPS) is 10.6. The zero-order valence-corrected chi connectivity index (χ0v) is 9.08. The first-order valence-electron chi connectivity index (χ1n) is 5.19. The average molecular weight is 225 g/mol. The van der Waals surface area contributed by atoms with Crippen molar-refractivity contribution < 1.29 is 9.90 Å². The van der Waals surface area contributed by atoms with E-state index in [4.69, 9.17) is 5.11 Å². The van der Waals surface area contributed by atoms with Crippen LogP contribution in [0.4, 0.5) is 5.69 Å². The average Bonchev–Trinajstić information content (AvgIpc) is 2.38. The van der Waals surface area contributed by atoms with E-state index in [-0.39, 0.29) is 5.56 Å². The molecule has 0 atom stereocenters. The number of carbonyl (C=O) groups is 1. The van der Waals surface area contributed by atoms with Crippen molar-refractivity contribution in [2.24, 2.45) is 4.99 Å². The van der Waals surface area contributed by atoms with Gasteiger partial charge in [0.15, 0.2) is 0 Å². The first kappa shape index (κ1) is 11.1. The second-order valence-corrected chi connectivity index (χ2v) is 3.49. The van der Waals surface area contributed by atoms with Gasteiger partial charge in [0.05, 0.1) is 11.3 Å². The highest BCUT2D eigenvalue weighted by Gasteiger charge is 2.06. The summed E-state index contributed by atoms with van der Waals surface area (Å²) in [5.41, 5.74) is 1.61. The Balaban J connectivity index is 2.30. The second-order valence-electron chi connectivity index (χ2n) is 3.49. The summed E-state index contributed by atoms with van der Waals surface area (Å²) in [6.07, 6.45) is 1.65. The Kier molecular flexibility index (Phi) is 3.31. The molecule has 0 heterocycles. The van der Waals surface area contributed by atoms with E-state index in [2.05, 4.69) is 4.99 Å². The van der Waals surface area contributed by atoms with Crippen LogP contribution in [0.15, 0.2) is 59.6 Å². The molecule has 0 saturated carbocycles. The Bertz CT molecular complexity index is 547. The minimum Gasteiger partial charge on any atom is -0.478 e. The highest BCUT2D eigenvalue weighted by Crippen LogP contribution is 2.18. The number of hydrogen-bond donors (Lipinski definition) is 1. The summed E-state index contributed by atoms with van der Waals surface area (Å²) in [4.78, 5) is 15.2. The van der Waals surface area contributed by atoms with Crippen molar-refractivity contribution in [2.75, 3.05) is 0 Å². The molecule has 0 fully saturated rings. The molecule has 0 aliphatic rings. The van der Waals surface area contributed by atoms with Crippen LogP contribution in [0, 0.1) is 0 Å². The molecule has 3 heteroatoms. The first-order chi connectivity index (χ1) is 8.27. The molecule has 0 radical (unpaired) electrons. The Hall–Kier alpha value is -2.42. The topological polar surface area (TPSA) is 49.7 Å². The van der Waals surface area contributed by atoms with E-state index in [1.807, 2.05) is 30.3 Å². The van der Waals surface area contributed by atoms with Gasteiger partial charge >= 0.3 is 5.97 Å². The van der Waals surface area contributed by atoms with Crippen LogP contribution in [-0.2, 0) is 0 Å². The molecule has 2 aromatic carbocycles. The van der Waals surface area contributed by atoms with E-state index in [1.165, 1.54) is 0 Å². The molecule has 3 nitrogen and oxygen atoms in total. The van der Waals surface area contributed by atoms with Gasteiger partial charge in [-0.3, -0.25) is 4.99 Å². The molecule has 0 unspecified atom stereocenters. The monoisotopic (exact) mass is 225 g/mol. The van der Waals surface area contributed by atoms with Gasteiger partial charge in [-0.05, 0) is 17.7 Å². The number of aromatic carboxylic acids is 1. The molecule has 0 spiro atoms. The molecule has 1 N–H and O–H groups in total. The number of carboxylic acids is 1. The van der Waals surface area contributed by atoms with E-state index in [9.17, 15) is 4.79 Å². The van der Waals surface area contributed by atoms with Crippen molar-refractivity contribution in [2.45, 2.75) is 0 Å². The number of carboxylic acid groups (broad SMARTS) is 1. The third kappa shape index (κ3) is 2.78. The van der Waals surface area contributed by atoms with Crippen LogP contribution >= 0.6 is 0 Å². The van der Waals surface area contributed by atoms with Crippen LogP contribution in [0.25, 0.3) is 0 Å². The minimum atomic E-state index is -0.967. The van der Waals surface area contributed by atoms with Crippen LogP contribution in [0.5, 0.6) is 0 Å².